The summed E-state index contributed by atoms with van der Waals surface area (Å²) in [5.41, 5.74) is 5.56. The smallest absolute Gasteiger partial charge is 0.249 e. The van der Waals surface area contributed by atoms with Gasteiger partial charge in [-0.1, -0.05) is 19.3 Å². The fraction of sp³-hybridized carbons (Fsp3) is 0.929. The maximum absolute atomic E-state index is 12.1. The molecule has 0 aromatic heterocycles. The monoisotopic (exact) mass is 254 g/mol. The van der Waals surface area contributed by atoms with E-state index in [1.165, 1.54) is 32.1 Å². The quantitative estimate of drug-likeness (QED) is 0.800. The SMILES string of the molecule is CC(NC(=O)C1CCC(CN)O1)C1CCCCC1. The van der Waals surface area contributed by atoms with Crippen molar-refractivity contribution >= 4 is 5.91 Å². The molecule has 2 fully saturated rings. The van der Waals surface area contributed by atoms with Gasteiger partial charge < -0.3 is 15.8 Å². The number of carbonyl (C=O) groups excluding carboxylic acids is 1. The van der Waals surface area contributed by atoms with Crippen molar-refractivity contribution in [3.8, 4) is 0 Å². The molecule has 3 N–H and O–H groups in total. The summed E-state index contributed by atoms with van der Waals surface area (Å²) in [6.45, 7) is 2.64. The maximum atomic E-state index is 12.1. The Bertz CT molecular complexity index is 277. The molecular formula is C14H26N2O2. The zero-order chi connectivity index (χ0) is 13.0. The third-order valence-corrected chi connectivity index (χ3v) is 4.39. The Labute approximate surface area is 110 Å². The van der Waals surface area contributed by atoms with Crippen molar-refractivity contribution in [2.75, 3.05) is 6.54 Å². The van der Waals surface area contributed by atoms with Gasteiger partial charge in [0.2, 0.25) is 5.91 Å². The zero-order valence-electron chi connectivity index (χ0n) is 11.4. The van der Waals surface area contributed by atoms with Gasteiger partial charge in [-0.15, -0.1) is 0 Å². The first-order chi connectivity index (χ1) is 8.70. The summed E-state index contributed by atoms with van der Waals surface area (Å²) >= 11 is 0. The fourth-order valence-electron chi connectivity index (χ4n) is 3.14. The van der Waals surface area contributed by atoms with Gasteiger partial charge in [-0.25, -0.2) is 0 Å². The second kappa shape index (κ2) is 6.53. The van der Waals surface area contributed by atoms with Gasteiger partial charge in [-0.3, -0.25) is 4.79 Å². The van der Waals surface area contributed by atoms with E-state index in [0.717, 1.165) is 12.8 Å². The van der Waals surface area contributed by atoms with E-state index in [1.807, 2.05) is 0 Å². The van der Waals surface area contributed by atoms with Crippen molar-refractivity contribution in [3.63, 3.8) is 0 Å². The van der Waals surface area contributed by atoms with Crippen LogP contribution in [-0.4, -0.2) is 30.7 Å². The summed E-state index contributed by atoms with van der Waals surface area (Å²) in [4.78, 5) is 12.1. The van der Waals surface area contributed by atoms with Crippen molar-refractivity contribution in [1.29, 1.82) is 0 Å². The highest BCUT2D eigenvalue weighted by Crippen LogP contribution is 2.27. The third-order valence-electron chi connectivity index (χ3n) is 4.39. The Morgan fingerprint density at radius 3 is 2.61 bits per heavy atom. The number of hydrogen-bond acceptors (Lipinski definition) is 3. The Morgan fingerprint density at radius 1 is 1.28 bits per heavy atom. The lowest BCUT2D eigenvalue weighted by atomic mass is 9.84. The summed E-state index contributed by atoms with van der Waals surface area (Å²) in [6, 6.07) is 0.276. The van der Waals surface area contributed by atoms with Gasteiger partial charge in [0, 0.05) is 12.6 Å². The van der Waals surface area contributed by atoms with Crippen LogP contribution < -0.4 is 11.1 Å². The first kappa shape index (κ1) is 13.8. The molecule has 18 heavy (non-hydrogen) atoms. The topological polar surface area (TPSA) is 64.4 Å². The number of rotatable bonds is 4. The molecule has 1 saturated carbocycles. The largest absolute Gasteiger partial charge is 0.364 e. The second-order valence-electron chi connectivity index (χ2n) is 5.76. The van der Waals surface area contributed by atoms with Crippen LogP contribution in [0.4, 0.5) is 0 Å². The Kier molecular flexibility index (Phi) is 5.01. The van der Waals surface area contributed by atoms with Gasteiger partial charge >= 0.3 is 0 Å². The number of nitrogens with one attached hydrogen (secondary N) is 1. The minimum Gasteiger partial charge on any atom is -0.364 e. The van der Waals surface area contributed by atoms with E-state index >= 15 is 0 Å². The van der Waals surface area contributed by atoms with E-state index in [-0.39, 0.29) is 24.2 Å². The number of carbonyl (C=O) groups is 1. The summed E-state index contributed by atoms with van der Waals surface area (Å²) in [7, 11) is 0. The molecule has 1 aliphatic carbocycles. The molecule has 0 spiro atoms. The molecule has 1 saturated heterocycles. The molecule has 4 heteroatoms. The van der Waals surface area contributed by atoms with Crippen LogP contribution in [-0.2, 0) is 9.53 Å². The van der Waals surface area contributed by atoms with Gasteiger partial charge in [0.1, 0.15) is 6.10 Å². The van der Waals surface area contributed by atoms with Crippen LogP contribution in [0.3, 0.4) is 0 Å². The lowest BCUT2D eigenvalue weighted by Gasteiger charge is -2.29. The predicted octanol–water partition coefficient (Wildman–Crippen LogP) is 1.58. The summed E-state index contributed by atoms with van der Waals surface area (Å²) in [5, 5.41) is 3.13. The minimum atomic E-state index is -0.274. The zero-order valence-corrected chi connectivity index (χ0v) is 11.4. The molecule has 2 rings (SSSR count). The molecule has 1 amide bonds. The van der Waals surface area contributed by atoms with E-state index in [4.69, 9.17) is 10.5 Å². The first-order valence-corrected chi connectivity index (χ1v) is 7.36. The number of nitrogens with two attached hydrogens (primary N) is 1. The van der Waals surface area contributed by atoms with E-state index in [1.54, 1.807) is 0 Å². The van der Waals surface area contributed by atoms with Crippen molar-refractivity contribution in [2.24, 2.45) is 11.7 Å². The molecular weight excluding hydrogens is 228 g/mol. The van der Waals surface area contributed by atoms with Crippen LogP contribution in [0.5, 0.6) is 0 Å². The van der Waals surface area contributed by atoms with Crippen LogP contribution in [0.15, 0.2) is 0 Å². The van der Waals surface area contributed by atoms with Crippen LogP contribution >= 0.6 is 0 Å². The standard InChI is InChI=1S/C14H26N2O2/c1-10(11-5-3-2-4-6-11)16-14(17)13-8-7-12(9-15)18-13/h10-13H,2-9,15H2,1H3,(H,16,17). The van der Waals surface area contributed by atoms with E-state index < -0.39 is 0 Å². The lowest BCUT2D eigenvalue weighted by Crippen LogP contribution is -2.44. The summed E-state index contributed by atoms with van der Waals surface area (Å²) in [5.74, 6) is 0.707. The van der Waals surface area contributed by atoms with E-state index in [2.05, 4.69) is 12.2 Å². The van der Waals surface area contributed by atoms with E-state index in [0.29, 0.717) is 12.5 Å². The van der Waals surface area contributed by atoms with Crippen LogP contribution in [0.1, 0.15) is 51.9 Å². The highest BCUT2D eigenvalue weighted by molar-refractivity contribution is 5.81. The Hall–Kier alpha value is -0.610. The lowest BCUT2D eigenvalue weighted by molar-refractivity contribution is -0.132. The first-order valence-electron chi connectivity index (χ1n) is 7.36. The fourth-order valence-corrected chi connectivity index (χ4v) is 3.14. The molecule has 3 unspecified atom stereocenters. The second-order valence-corrected chi connectivity index (χ2v) is 5.76. The normalized spacial score (nSPS) is 31.2. The summed E-state index contributed by atoms with van der Waals surface area (Å²) in [6.07, 6.45) is 7.98. The highest BCUT2D eigenvalue weighted by Gasteiger charge is 2.31. The molecule has 0 aromatic rings. The molecule has 0 radical (unpaired) electrons. The molecule has 0 bridgehead atoms. The molecule has 3 atom stereocenters. The average molecular weight is 254 g/mol. The molecule has 104 valence electrons. The maximum Gasteiger partial charge on any atom is 0.249 e. The van der Waals surface area contributed by atoms with Gasteiger partial charge in [-0.05, 0) is 38.5 Å². The average Bonchev–Trinajstić information content (AvgIpc) is 2.88. The van der Waals surface area contributed by atoms with Gasteiger partial charge in [0.05, 0.1) is 6.10 Å². The van der Waals surface area contributed by atoms with Crippen molar-refractivity contribution in [3.05, 3.63) is 0 Å². The van der Waals surface area contributed by atoms with Crippen LogP contribution in [0.2, 0.25) is 0 Å². The Balaban J connectivity index is 1.76. The third kappa shape index (κ3) is 3.45. The molecule has 4 nitrogen and oxygen atoms in total. The van der Waals surface area contributed by atoms with Gasteiger partial charge in [0.25, 0.3) is 0 Å². The number of amides is 1. The summed E-state index contributed by atoms with van der Waals surface area (Å²) < 4.78 is 5.62. The minimum absolute atomic E-state index is 0.0593. The van der Waals surface area contributed by atoms with Crippen molar-refractivity contribution in [2.45, 2.75) is 70.1 Å². The van der Waals surface area contributed by atoms with Crippen LogP contribution in [0.25, 0.3) is 0 Å². The number of ether oxygens (including phenoxy) is 1. The van der Waals surface area contributed by atoms with E-state index in [9.17, 15) is 4.79 Å². The molecule has 2 aliphatic rings. The predicted molar refractivity (Wildman–Crippen MR) is 71.1 cm³/mol. The van der Waals surface area contributed by atoms with Gasteiger partial charge in [-0.2, -0.15) is 0 Å². The van der Waals surface area contributed by atoms with Gasteiger partial charge in [0.15, 0.2) is 0 Å². The number of hydrogen-bond donors (Lipinski definition) is 2. The molecule has 0 aromatic carbocycles. The van der Waals surface area contributed by atoms with Crippen molar-refractivity contribution in [1.82, 2.24) is 5.32 Å². The molecule has 1 aliphatic heterocycles. The molecule has 1 heterocycles. The van der Waals surface area contributed by atoms with Crippen molar-refractivity contribution < 1.29 is 9.53 Å². The van der Waals surface area contributed by atoms with Crippen LogP contribution in [0, 0.1) is 5.92 Å². The highest BCUT2D eigenvalue weighted by atomic mass is 16.5. The Morgan fingerprint density at radius 2 is 2.00 bits per heavy atom.